The number of hydrogen-bond acceptors (Lipinski definition) is 6. The Labute approximate surface area is 133 Å². The van der Waals surface area contributed by atoms with E-state index in [1.165, 1.54) is 11.3 Å². The highest BCUT2D eigenvalue weighted by atomic mass is 32.1. The van der Waals surface area contributed by atoms with Crippen molar-refractivity contribution in [2.45, 2.75) is 12.5 Å². The summed E-state index contributed by atoms with van der Waals surface area (Å²) in [6, 6.07) is 3.75. The summed E-state index contributed by atoms with van der Waals surface area (Å²) in [6.07, 6.45) is 4.08. The second-order valence-electron chi connectivity index (χ2n) is 5.37. The van der Waals surface area contributed by atoms with Crippen LogP contribution in [0.4, 0.5) is 5.82 Å². The lowest BCUT2D eigenvalue weighted by atomic mass is 10.3. The first-order valence-corrected chi connectivity index (χ1v) is 8.00. The number of carbonyl (C=O) groups excluding carboxylic acids is 1. The summed E-state index contributed by atoms with van der Waals surface area (Å²) >= 11 is 1.47. The summed E-state index contributed by atoms with van der Waals surface area (Å²) < 4.78 is 5.87. The van der Waals surface area contributed by atoms with Gasteiger partial charge in [-0.3, -0.25) is 9.78 Å². The molecule has 0 spiro atoms. The number of nitrogens with zero attached hydrogens (tertiary/aromatic N) is 4. The molecule has 1 aliphatic rings. The van der Waals surface area contributed by atoms with E-state index in [1.807, 2.05) is 41.4 Å². The number of ether oxygens (including phenoxy) is 1. The molecular formula is C15H18N4O2S. The number of amides is 1. The van der Waals surface area contributed by atoms with Crippen LogP contribution in [-0.2, 0) is 0 Å². The summed E-state index contributed by atoms with van der Waals surface area (Å²) in [6.45, 7) is 1.30. The molecule has 1 saturated heterocycles. The maximum absolute atomic E-state index is 12.3. The fraction of sp³-hybridized carbons (Fsp3) is 0.400. The van der Waals surface area contributed by atoms with Crippen molar-refractivity contribution in [2.24, 2.45) is 0 Å². The zero-order valence-corrected chi connectivity index (χ0v) is 13.4. The highest BCUT2D eigenvalue weighted by Gasteiger charge is 2.29. The van der Waals surface area contributed by atoms with Gasteiger partial charge in [-0.15, -0.1) is 11.3 Å². The molecule has 0 radical (unpaired) electrons. The predicted molar refractivity (Wildman–Crippen MR) is 85.6 cm³/mol. The summed E-state index contributed by atoms with van der Waals surface area (Å²) in [4.78, 5) is 25.3. The molecule has 1 amide bonds. The minimum absolute atomic E-state index is 0.0318. The summed E-state index contributed by atoms with van der Waals surface area (Å²) in [5.41, 5.74) is 0. The second-order valence-corrected chi connectivity index (χ2v) is 6.31. The number of rotatable bonds is 4. The van der Waals surface area contributed by atoms with E-state index in [9.17, 15) is 4.79 Å². The van der Waals surface area contributed by atoms with Gasteiger partial charge >= 0.3 is 0 Å². The number of aromatic nitrogens is 2. The average molecular weight is 318 g/mol. The van der Waals surface area contributed by atoms with Crippen LogP contribution in [0.5, 0.6) is 5.88 Å². The molecule has 1 atom stereocenters. The first kappa shape index (κ1) is 14.8. The van der Waals surface area contributed by atoms with Crippen molar-refractivity contribution in [2.75, 3.05) is 32.1 Å². The molecule has 0 saturated carbocycles. The van der Waals surface area contributed by atoms with E-state index < -0.39 is 0 Å². The lowest BCUT2D eigenvalue weighted by Gasteiger charge is -2.17. The molecule has 2 aromatic rings. The van der Waals surface area contributed by atoms with E-state index in [2.05, 4.69) is 9.97 Å². The highest BCUT2D eigenvalue weighted by Crippen LogP contribution is 2.21. The first-order valence-electron chi connectivity index (χ1n) is 7.12. The topological polar surface area (TPSA) is 58.6 Å². The SMILES string of the molecule is CN(C)c1cncc(O[C@@H]2CCN(C(=O)c3cccs3)C2)n1. The lowest BCUT2D eigenvalue weighted by molar-refractivity contribution is 0.0776. The minimum atomic E-state index is -0.0318. The maximum Gasteiger partial charge on any atom is 0.264 e. The second kappa shape index (κ2) is 6.31. The zero-order chi connectivity index (χ0) is 15.5. The van der Waals surface area contributed by atoms with Crippen LogP contribution in [0.25, 0.3) is 0 Å². The molecule has 0 N–H and O–H groups in total. The van der Waals surface area contributed by atoms with Gasteiger partial charge in [-0.25, -0.2) is 0 Å². The van der Waals surface area contributed by atoms with Crippen LogP contribution in [0, 0.1) is 0 Å². The van der Waals surface area contributed by atoms with E-state index in [4.69, 9.17) is 4.74 Å². The Morgan fingerprint density at radius 3 is 3.05 bits per heavy atom. The highest BCUT2D eigenvalue weighted by molar-refractivity contribution is 7.12. The number of hydrogen-bond donors (Lipinski definition) is 0. The Morgan fingerprint density at radius 2 is 2.32 bits per heavy atom. The Kier molecular flexibility index (Phi) is 4.24. The number of anilines is 1. The van der Waals surface area contributed by atoms with Crippen LogP contribution >= 0.6 is 11.3 Å². The van der Waals surface area contributed by atoms with Gasteiger partial charge in [0.25, 0.3) is 5.91 Å². The largest absolute Gasteiger partial charge is 0.471 e. The van der Waals surface area contributed by atoms with E-state index in [0.29, 0.717) is 19.0 Å². The molecule has 0 unspecified atom stereocenters. The molecule has 2 aromatic heterocycles. The minimum Gasteiger partial charge on any atom is -0.471 e. The normalized spacial score (nSPS) is 17.5. The number of carbonyl (C=O) groups is 1. The van der Waals surface area contributed by atoms with Crippen LogP contribution in [0.2, 0.25) is 0 Å². The summed E-state index contributed by atoms with van der Waals surface area (Å²) in [7, 11) is 3.82. The van der Waals surface area contributed by atoms with Gasteiger partial charge in [-0.05, 0) is 11.4 Å². The molecule has 7 heteroatoms. The summed E-state index contributed by atoms with van der Waals surface area (Å²) in [5, 5.41) is 1.92. The van der Waals surface area contributed by atoms with Crippen molar-refractivity contribution in [3.05, 3.63) is 34.8 Å². The van der Waals surface area contributed by atoms with Crippen molar-refractivity contribution in [3.8, 4) is 5.88 Å². The Bertz CT molecular complexity index is 645. The van der Waals surface area contributed by atoms with E-state index >= 15 is 0 Å². The van der Waals surface area contributed by atoms with Crippen molar-refractivity contribution >= 4 is 23.1 Å². The molecule has 0 aromatic carbocycles. The van der Waals surface area contributed by atoms with Crippen LogP contribution < -0.4 is 9.64 Å². The summed E-state index contributed by atoms with van der Waals surface area (Å²) in [5.74, 6) is 1.33. The molecule has 22 heavy (non-hydrogen) atoms. The maximum atomic E-state index is 12.3. The van der Waals surface area contributed by atoms with Gasteiger partial charge in [-0.1, -0.05) is 6.07 Å². The molecule has 3 rings (SSSR count). The Hall–Kier alpha value is -2.15. The van der Waals surface area contributed by atoms with Crippen LogP contribution in [-0.4, -0.2) is 54.1 Å². The van der Waals surface area contributed by atoms with Gasteiger partial charge in [0.2, 0.25) is 5.88 Å². The fourth-order valence-corrected chi connectivity index (χ4v) is 3.04. The third kappa shape index (κ3) is 3.19. The third-order valence-electron chi connectivity index (χ3n) is 3.51. The lowest BCUT2D eigenvalue weighted by Crippen LogP contribution is -2.30. The van der Waals surface area contributed by atoms with Gasteiger partial charge in [0.05, 0.1) is 23.8 Å². The standard InChI is InChI=1S/C15H18N4O2S/c1-18(2)13-8-16-9-14(17-13)21-11-5-6-19(10-11)15(20)12-4-3-7-22-12/h3-4,7-9,11H,5-6,10H2,1-2H3/t11-/m1/s1. The van der Waals surface area contributed by atoms with Gasteiger partial charge in [0.15, 0.2) is 5.82 Å². The third-order valence-corrected chi connectivity index (χ3v) is 4.37. The van der Waals surface area contributed by atoms with Crippen LogP contribution in [0.1, 0.15) is 16.1 Å². The van der Waals surface area contributed by atoms with Gasteiger partial charge in [0, 0.05) is 27.1 Å². The molecule has 1 fully saturated rings. The molecule has 116 valence electrons. The Morgan fingerprint density at radius 1 is 1.45 bits per heavy atom. The molecule has 0 aliphatic carbocycles. The molecule has 1 aliphatic heterocycles. The quantitative estimate of drug-likeness (QED) is 0.862. The molecule has 0 bridgehead atoms. The van der Waals surface area contributed by atoms with E-state index in [0.717, 1.165) is 17.1 Å². The fourth-order valence-electron chi connectivity index (χ4n) is 2.35. The zero-order valence-electron chi connectivity index (χ0n) is 12.6. The van der Waals surface area contributed by atoms with Gasteiger partial charge in [0.1, 0.15) is 6.10 Å². The van der Waals surface area contributed by atoms with Gasteiger partial charge < -0.3 is 14.5 Å². The van der Waals surface area contributed by atoms with Crippen molar-refractivity contribution in [3.63, 3.8) is 0 Å². The van der Waals surface area contributed by atoms with Crippen molar-refractivity contribution in [1.29, 1.82) is 0 Å². The number of likely N-dealkylation sites (tertiary alicyclic amines) is 1. The Balaban J connectivity index is 1.61. The van der Waals surface area contributed by atoms with Crippen molar-refractivity contribution < 1.29 is 9.53 Å². The molecular weight excluding hydrogens is 300 g/mol. The van der Waals surface area contributed by atoms with E-state index in [1.54, 1.807) is 12.4 Å². The average Bonchev–Trinajstić information content (AvgIpc) is 3.18. The van der Waals surface area contributed by atoms with Crippen LogP contribution in [0.3, 0.4) is 0 Å². The van der Waals surface area contributed by atoms with E-state index in [-0.39, 0.29) is 12.0 Å². The van der Waals surface area contributed by atoms with Gasteiger partial charge in [-0.2, -0.15) is 4.98 Å². The predicted octanol–water partition coefficient (Wildman–Crippen LogP) is 1.90. The molecule has 3 heterocycles. The first-order chi connectivity index (χ1) is 10.6. The van der Waals surface area contributed by atoms with Crippen LogP contribution in [0.15, 0.2) is 29.9 Å². The molecule has 6 nitrogen and oxygen atoms in total. The van der Waals surface area contributed by atoms with Crippen molar-refractivity contribution in [1.82, 2.24) is 14.9 Å². The smallest absolute Gasteiger partial charge is 0.264 e. The number of thiophene rings is 1. The monoisotopic (exact) mass is 318 g/mol.